The van der Waals surface area contributed by atoms with Crippen LogP contribution in [0.2, 0.25) is 0 Å². The van der Waals surface area contributed by atoms with Crippen molar-refractivity contribution >= 4 is 38.6 Å². The highest BCUT2D eigenvalue weighted by Gasteiger charge is 2.35. The van der Waals surface area contributed by atoms with E-state index in [1.54, 1.807) is 75.8 Å². The number of nitrogens with one attached hydrogen (secondary N) is 1. The average Bonchev–Trinajstić information content (AvgIpc) is 3.62. The fourth-order valence-electron chi connectivity index (χ4n) is 5.72. The third-order valence-electron chi connectivity index (χ3n) is 7.72. The highest BCUT2D eigenvalue weighted by Crippen LogP contribution is 2.34. The fourth-order valence-corrected chi connectivity index (χ4v) is 7.26. The predicted octanol–water partition coefficient (Wildman–Crippen LogP) is 4.43. The van der Waals surface area contributed by atoms with Crippen LogP contribution in [-0.4, -0.2) is 73.8 Å². The van der Waals surface area contributed by atoms with E-state index in [1.807, 2.05) is 18.2 Å². The van der Waals surface area contributed by atoms with Gasteiger partial charge in [-0.2, -0.15) is 14.8 Å². The lowest BCUT2D eigenvalue weighted by Crippen LogP contribution is -2.53. The summed E-state index contributed by atoms with van der Waals surface area (Å²) >= 11 is 0. The molecule has 0 aliphatic carbocycles. The lowest BCUT2D eigenvalue weighted by Gasteiger charge is -2.35. The summed E-state index contributed by atoms with van der Waals surface area (Å²) in [5.74, 6) is -0.299. The summed E-state index contributed by atoms with van der Waals surface area (Å²) in [7, 11) is -4.05. The number of hydrogen-bond donors (Lipinski definition) is 1. The molecule has 12 nitrogen and oxygen atoms in total. The van der Waals surface area contributed by atoms with Crippen molar-refractivity contribution in [3.05, 3.63) is 78.9 Å². The number of nitrogens with zero attached hydrogens (tertiary/aromatic N) is 6. The van der Waals surface area contributed by atoms with Crippen molar-refractivity contribution in [1.29, 1.82) is 0 Å². The normalized spacial score (nSPS) is 15.8. The Morgan fingerprint density at radius 1 is 1.00 bits per heavy atom. The number of pyridine rings is 1. The summed E-state index contributed by atoms with van der Waals surface area (Å²) in [5, 5.41) is 12.2. The summed E-state index contributed by atoms with van der Waals surface area (Å²) in [6.45, 7) is 5.95. The topological polar surface area (TPSA) is 141 Å². The van der Waals surface area contributed by atoms with Crippen LogP contribution in [0.25, 0.3) is 27.7 Å². The number of carbonyl (C=O) groups is 2. The molecule has 1 fully saturated rings. The van der Waals surface area contributed by atoms with E-state index < -0.39 is 27.8 Å². The van der Waals surface area contributed by atoms with E-state index in [-0.39, 0.29) is 29.4 Å². The van der Waals surface area contributed by atoms with Crippen LogP contribution in [0.1, 0.15) is 45.7 Å². The van der Waals surface area contributed by atoms with Gasteiger partial charge >= 0.3 is 6.09 Å². The maximum absolute atomic E-state index is 14.1. The first kappa shape index (κ1) is 30.3. The quantitative estimate of drug-likeness (QED) is 0.279. The molecule has 0 bridgehead atoms. The zero-order valence-corrected chi connectivity index (χ0v) is 26.2. The monoisotopic (exact) mass is 629 g/mol. The number of carbonyl (C=O) groups excluding carboxylic acids is 2. The van der Waals surface area contributed by atoms with E-state index in [4.69, 9.17) is 4.74 Å². The number of ether oxygens (including phenoxy) is 1. The van der Waals surface area contributed by atoms with Gasteiger partial charge in [-0.25, -0.2) is 22.2 Å². The Kier molecular flexibility index (Phi) is 8.04. The molecule has 4 aromatic heterocycles. The number of aromatic nitrogens is 5. The standard InChI is InChI=1S/C32H35N7O5S/c1-32(2,3)44-31(41)37-19-8-7-12-28(37)30(40)34-17-14-22-20-25-24(26-21-36-39-27(26)13-9-16-35-39)15-18-33-29(25)38(22)45(42,43)23-10-5-4-6-11-23/h4-6,9-11,13,15-16,18,20-21,28H,7-8,12,14,17,19H2,1-3H3,(H,34,40)/t28-/m1/s1. The molecule has 5 heterocycles. The van der Waals surface area contributed by atoms with Crippen LogP contribution in [0, 0.1) is 0 Å². The molecule has 0 radical (unpaired) electrons. The van der Waals surface area contributed by atoms with Crippen molar-refractivity contribution in [2.75, 3.05) is 13.1 Å². The highest BCUT2D eigenvalue weighted by molar-refractivity contribution is 7.90. The van der Waals surface area contributed by atoms with Crippen molar-refractivity contribution in [1.82, 2.24) is 34.0 Å². The number of fused-ring (bicyclic) bond motifs is 2. The zero-order chi connectivity index (χ0) is 31.8. The molecular weight excluding hydrogens is 594 g/mol. The molecule has 45 heavy (non-hydrogen) atoms. The molecule has 0 unspecified atom stereocenters. The van der Waals surface area contributed by atoms with Crippen LogP contribution < -0.4 is 5.32 Å². The Hall–Kier alpha value is -4.78. The largest absolute Gasteiger partial charge is 0.444 e. The first-order valence-electron chi connectivity index (χ1n) is 14.9. The van der Waals surface area contributed by atoms with Gasteiger partial charge in [-0.15, -0.1) is 0 Å². The van der Waals surface area contributed by atoms with Crippen molar-refractivity contribution in [2.24, 2.45) is 0 Å². The SMILES string of the molecule is CC(C)(C)OC(=O)N1CCCC[C@@H]1C(=O)NCCc1cc2c(-c3cnn4ncccc34)ccnc2n1S(=O)(=O)c1ccccc1. The zero-order valence-electron chi connectivity index (χ0n) is 25.4. The Morgan fingerprint density at radius 2 is 1.80 bits per heavy atom. The summed E-state index contributed by atoms with van der Waals surface area (Å²) < 4.78 is 36.5. The number of rotatable bonds is 7. The average molecular weight is 630 g/mol. The predicted molar refractivity (Wildman–Crippen MR) is 168 cm³/mol. The van der Waals surface area contributed by atoms with Gasteiger partial charge in [0.25, 0.3) is 10.0 Å². The summed E-state index contributed by atoms with van der Waals surface area (Å²) in [6.07, 6.45) is 6.72. The van der Waals surface area contributed by atoms with E-state index in [1.165, 1.54) is 13.5 Å². The van der Waals surface area contributed by atoms with Gasteiger partial charge in [0, 0.05) is 48.5 Å². The van der Waals surface area contributed by atoms with Gasteiger partial charge in [0.15, 0.2) is 5.65 Å². The van der Waals surface area contributed by atoms with Crippen LogP contribution >= 0.6 is 0 Å². The van der Waals surface area contributed by atoms with Crippen molar-refractivity contribution in [3.8, 4) is 11.1 Å². The van der Waals surface area contributed by atoms with Gasteiger partial charge in [-0.05, 0) is 82.0 Å². The van der Waals surface area contributed by atoms with E-state index in [0.717, 1.165) is 29.5 Å². The minimum atomic E-state index is -4.05. The molecule has 5 aromatic rings. The maximum atomic E-state index is 14.1. The van der Waals surface area contributed by atoms with Crippen LogP contribution in [0.4, 0.5) is 4.79 Å². The van der Waals surface area contributed by atoms with Gasteiger partial charge in [0.2, 0.25) is 5.91 Å². The van der Waals surface area contributed by atoms with E-state index in [2.05, 4.69) is 20.5 Å². The Balaban J connectivity index is 1.33. The molecule has 234 valence electrons. The third-order valence-corrected chi connectivity index (χ3v) is 9.48. The van der Waals surface area contributed by atoms with Crippen LogP contribution in [0.5, 0.6) is 0 Å². The van der Waals surface area contributed by atoms with Crippen molar-refractivity contribution in [2.45, 2.75) is 63.0 Å². The van der Waals surface area contributed by atoms with Crippen LogP contribution in [0.15, 0.2) is 78.1 Å². The second kappa shape index (κ2) is 12.0. The molecule has 1 atom stereocenters. The van der Waals surface area contributed by atoms with Gasteiger partial charge in [0.05, 0.1) is 16.6 Å². The first-order chi connectivity index (χ1) is 21.5. The number of hydrogen-bond acceptors (Lipinski definition) is 8. The van der Waals surface area contributed by atoms with Crippen molar-refractivity contribution in [3.63, 3.8) is 0 Å². The summed E-state index contributed by atoms with van der Waals surface area (Å²) in [4.78, 5) is 32.4. The minimum absolute atomic E-state index is 0.121. The van der Waals surface area contributed by atoms with Gasteiger partial charge < -0.3 is 10.1 Å². The van der Waals surface area contributed by atoms with Crippen LogP contribution in [-0.2, 0) is 26.0 Å². The summed E-state index contributed by atoms with van der Waals surface area (Å²) in [6, 6.07) is 14.9. The lowest BCUT2D eigenvalue weighted by atomic mass is 10.0. The highest BCUT2D eigenvalue weighted by atomic mass is 32.2. The molecule has 13 heteroatoms. The molecule has 1 N–H and O–H groups in total. The molecule has 1 aliphatic heterocycles. The molecule has 2 amide bonds. The maximum Gasteiger partial charge on any atom is 0.410 e. The molecule has 1 saturated heterocycles. The molecule has 1 aliphatic rings. The minimum Gasteiger partial charge on any atom is -0.444 e. The molecule has 0 spiro atoms. The number of amides is 2. The lowest BCUT2D eigenvalue weighted by molar-refractivity contribution is -0.127. The van der Waals surface area contributed by atoms with E-state index in [9.17, 15) is 18.0 Å². The van der Waals surface area contributed by atoms with E-state index >= 15 is 0 Å². The molecule has 0 saturated carbocycles. The second-order valence-electron chi connectivity index (χ2n) is 12.0. The first-order valence-corrected chi connectivity index (χ1v) is 16.4. The number of piperidine rings is 1. The molecular formula is C32H35N7O5S. The molecule has 1 aromatic carbocycles. The van der Waals surface area contributed by atoms with Gasteiger partial charge in [-0.3, -0.25) is 9.69 Å². The summed E-state index contributed by atoms with van der Waals surface area (Å²) in [5.41, 5.74) is 2.34. The fraction of sp³-hybridized carbons (Fsp3) is 0.344. The van der Waals surface area contributed by atoms with Crippen LogP contribution in [0.3, 0.4) is 0 Å². The third kappa shape index (κ3) is 5.99. The van der Waals surface area contributed by atoms with Gasteiger partial charge in [-0.1, -0.05) is 18.2 Å². The van der Waals surface area contributed by atoms with Gasteiger partial charge in [0.1, 0.15) is 11.6 Å². The molecule has 6 rings (SSSR count). The Bertz CT molecular complexity index is 1980. The number of likely N-dealkylation sites (tertiary alicyclic amines) is 1. The number of benzene rings is 1. The smallest absolute Gasteiger partial charge is 0.410 e. The second-order valence-corrected chi connectivity index (χ2v) is 13.8. The Labute approximate surface area is 261 Å². The Morgan fingerprint density at radius 3 is 2.58 bits per heavy atom. The van der Waals surface area contributed by atoms with Crippen molar-refractivity contribution < 1.29 is 22.7 Å². The van der Waals surface area contributed by atoms with E-state index in [0.29, 0.717) is 24.0 Å².